The Labute approximate surface area is 116 Å². The third-order valence-electron chi connectivity index (χ3n) is 2.75. The summed E-state index contributed by atoms with van der Waals surface area (Å²) in [6.07, 6.45) is 1.00. The average Bonchev–Trinajstić information content (AvgIpc) is 2.42. The van der Waals surface area contributed by atoms with E-state index in [4.69, 9.17) is 4.74 Å². The Morgan fingerprint density at radius 2 is 1.89 bits per heavy atom. The van der Waals surface area contributed by atoms with Gasteiger partial charge in [-0.25, -0.2) is 0 Å². The molecule has 0 radical (unpaired) electrons. The van der Waals surface area contributed by atoms with E-state index in [2.05, 4.69) is 45.5 Å². The fourth-order valence-electron chi connectivity index (χ4n) is 1.75. The molecule has 0 spiro atoms. The van der Waals surface area contributed by atoms with E-state index in [1.54, 1.807) is 7.11 Å². The molecule has 0 aromatic heterocycles. The van der Waals surface area contributed by atoms with Gasteiger partial charge in [-0.2, -0.15) is 0 Å². The average molecular weight is 306 g/mol. The molecule has 3 heteroatoms. The second-order valence-corrected chi connectivity index (χ2v) is 4.86. The molecule has 2 nitrogen and oxygen atoms in total. The highest BCUT2D eigenvalue weighted by Gasteiger charge is 2.01. The third-order valence-corrected chi connectivity index (χ3v) is 3.44. The predicted octanol–water partition coefficient (Wildman–Crippen LogP) is 4.11. The lowest BCUT2D eigenvalue weighted by molar-refractivity contribution is 0.415. The van der Waals surface area contributed by atoms with Crippen LogP contribution in [0.5, 0.6) is 5.75 Å². The molecule has 0 aliphatic heterocycles. The fraction of sp³-hybridized carbons (Fsp3) is 0.200. The molecular weight excluding hydrogens is 290 g/mol. The van der Waals surface area contributed by atoms with Crippen molar-refractivity contribution in [3.8, 4) is 5.75 Å². The molecule has 2 aromatic rings. The van der Waals surface area contributed by atoms with Crippen molar-refractivity contribution in [2.45, 2.75) is 6.42 Å². The van der Waals surface area contributed by atoms with Crippen molar-refractivity contribution in [2.24, 2.45) is 0 Å². The summed E-state index contributed by atoms with van der Waals surface area (Å²) in [5.41, 5.74) is 2.40. The highest BCUT2D eigenvalue weighted by atomic mass is 79.9. The summed E-state index contributed by atoms with van der Waals surface area (Å²) in [7, 11) is 1.68. The third kappa shape index (κ3) is 3.50. The normalized spacial score (nSPS) is 10.1. The van der Waals surface area contributed by atoms with Crippen LogP contribution in [-0.4, -0.2) is 13.7 Å². The highest BCUT2D eigenvalue weighted by molar-refractivity contribution is 9.10. The van der Waals surface area contributed by atoms with Crippen LogP contribution in [0.2, 0.25) is 0 Å². The first-order chi connectivity index (χ1) is 8.79. The zero-order chi connectivity index (χ0) is 12.8. The number of ether oxygens (including phenoxy) is 1. The van der Waals surface area contributed by atoms with Crippen molar-refractivity contribution in [1.29, 1.82) is 0 Å². The Morgan fingerprint density at radius 1 is 1.11 bits per heavy atom. The molecule has 0 fully saturated rings. The van der Waals surface area contributed by atoms with E-state index in [9.17, 15) is 0 Å². The Bertz CT molecular complexity index is 499. The van der Waals surface area contributed by atoms with Crippen molar-refractivity contribution in [3.63, 3.8) is 0 Å². The molecular formula is C15H16BrNO. The van der Waals surface area contributed by atoms with Gasteiger partial charge in [-0.15, -0.1) is 0 Å². The second kappa shape index (κ2) is 6.45. The minimum Gasteiger partial charge on any atom is -0.497 e. The lowest BCUT2D eigenvalue weighted by atomic mass is 10.1. The summed E-state index contributed by atoms with van der Waals surface area (Å²) >= 11 is 3.53. The largest absolute Gasteiger partial charge is 0.497 e. The van der Waals surface area contributed by atoms with Crippen molar-refractivity contribution in [1.82, 2.24) is 0 Å². The smallest absolute Gasteiger partial charge is 0.121 e. The molecule has 1 N–H and O–H groups in total. The number of nitrogens with one attached hydrogen (secondary N) is 1. The summed E-state index contributed by atoms with van der Waals surface area (Å²) in [5, 5.41) is 3.41. The molecule has 0 aliphatic rings. The number of methoxy groups -OCH3 is 1. The first-order valence-corrected chi connectivity index (χ1v) is 6.70. The molecule has 94 valence electrons. The number of halogens is 1. The topological polar surface area (TPSA) is 21.3 Å². The number of benzene rings is 2. The summed E-state index contributed by atoms with van der Waals surface area (Å²) in [4.78, 5) is 0. The zero-order valence-corrected chi connectivity index (χ0v) is 11.9. The highest BCUT2D eigenvalue weighted by Crippen LogP contribution is 2.26. The van der Waals surface area contributed by atoms with Crippen LogP contribution < -0.4 is 10.1 Å². The van der Waals surface area contributed by atoms with Crippen LogP contribution in [0.1, 0.15) is 5.56 Å². The summed E-state index contributed by atoms with van der Waals surface area (Å²) in [6, 6.07) is 16.4. The quantitative estimate of drug-likeness (QED) is 0.897. The van der Waals surface area contributed by atoms with Gasteiger partial charge in [-0.05, 0) is 40.0 Å². The minimum atomic E-state index is 0.861. The van der Waals surface area contributed by atoms with E-state index in [1.165, 1.54) is 5.56 Å². The molecule has 0 amide bonds. The van der Waals surface area contributed by atoms with Gasteiger partial charge in [-0.1, -0.05) is 30.3 Å². The van der Waals surface area contributed by atoms with E-state index in [-0.39, 0.29) is 0 Å². The van der Waals surface area contributed by atoms with Crippen LogP contribution in [0.15, 0.2) is 53.0 Å². The predicted molar refractivity (Wildman–Crippen MR) is 79.3 cm³/mol. The van der Waals surface area contributed by atoms with E-state index < -0.39 is 0 Å². The lowest BCUT2D eigenvalue weighted by Crippen LogP contribution is -2.05. The van der Waals surface area contributed by atoms with Gasteiger partial charge in [0, 0.05) is 17.1 Å². The lowest BCUT2D eigenvalue weighted by Gasteiger charge is -2.10. The van der Waals surface area contributed by atoms with Crippen LogP contribution in [0, 0.1) is 0 Å². The van der Waals surface area contributed by atoms with Crippen molar-refractivity contribution < 1.29 is 4.74 Å². The van der Waals surface area contributed by atoms with E-state index in [0.29, 0.717) is 0 Å². The summed E-state index contributed by atoms with van der Waals surface area (Å²) in [5.74, 6) is 0.861. The Hall–Kier alpha value is -1.48. The van der Waals surface area contributed by atoms with Crippen molar-refractivity contribution in [3.05, 3.63) is 58.6 Å². The molecule has 0 saturated carbocycles. The molecule has 0 aliphatic carbocycles. The SMILES string of the molecule is COc1ccc(Br)c(NCCc2ccccc2)c1. The molecule has 0 heterocycles. The van der Waals surface area contributed by atoms with Crippen molar-refractivity contribution >= 4 is 21.6 Å². The second-order valence-electron chi connectivity index (χ2n) is 4.01. The number of hydrogen-bond donors (Lipinski definition) is 1. The monoisotopic (exact) mass is 305 g/mol. The maximum atomic E-state index is 5.21. The van der Waals surface area contributed by atoms with E-state index in [1.807, 2.05) is 24.3 Å². The van der Waals surface area contributed by atoms with Crippen LogP contribution in [-0.2, 0) is 6.42 Å². The molecule has 18 heavy (non-hydrogen) atoms. The summed E-state index contributed by atoms with van der Waals surface area (Å²) < 4.78 is 6.27. The number of anilines is 1. The fourth-order valence-corrected chi connectivity index (χ4v) is 2.14. The first kappa shape index (κ1) is 13.0. The zero-order valence-electron chi connectivity index (χ0n) is 10.3. The van der Waals surface area contributed by atoms with Crippen LogP contribution in [0.25, 0.3) is 0 Å². The van der Waals surface area contributed by atoms with Crippen LogP contribution in [0.4, 0.5) is 5.69 Å². The molecule has 2 rings (SSSR count). The Morgan fingerprint density at radius 3 is 2.61 bits per heavy atom. The molecule has 2 aromatic carbocycles. The first-order valence-electron chi connectivity index (χ1n) is 5.91. The van der Waals surface area contributed by atoms with Gasteiger partial charge in [0.15, 0.2) is 0 Å². The van der Waals surface area contributed by atoms with Gasteiger partial charge in [0.2, 0.25) is 0 Å². The number of hydrogen-bond acceptors (Lipinski definition) is 2. The van der Waals surface area contributed by atoms with Gasteiger partial charge >= 0.3 is 0 Å². The molecule has 0 atom stereocenters. The van der Waals surface area contributed by atoms with Gasteiger partial charge < -0.3 is 10.1 Å². The van der Waals surface area contributed by atoms with Crippen molar-refractivity contribution in [2.75, 3.05) is 19.0 Å². The maximum absolute atomic E-state index is 5.21. The van der Waals surface area contributed by atoms with Gasteiger partial charge in [0.1, 0.15) is 5.75 Å². The Kier molecular flexibility index (Phi) is 4.65. The molecule has 0 bridgehead atoms. The molecule has 0 saturated heterocycles. The maximum Gasteiger partial charge on any atom is 0.121 e. The van der Waals surface area contributed by atoms with Gasteiger partial charge in [0.25, 0.3) is 0 Å². The van der Waals surface area contributed by atoms with Gasteiger partial charge in [0.05, 0.1) is 12.8 Å². The Balaban J connectivity index is 1.94. The standard InChI is InChI=1S/C15H16BrNO/c1-18-13-7-8-14(16)15(11-13)17-10-9-12-5-3-2-4-6-12/h2-8,11,17H,9-10H2,1H3. The van der Waals surface area contributed by atoms with E-state index >= 15 is 0 Å². The van der Waals surface area contributed by atoms with E-state index in [0.717, 1.165) is 28.9 Å². The van der Waals surface area contributed by atoms with Crippen LogP contribution >= 0.6 is 15.9 Å². The minimum absolute atomic E-state index is 0.861. The van der Waals surface area contributed by atoms with Crippen LogP contribution in [0.3, 0.4) is 0 Å². The molecule has 0 unspecified atom stereocenters. The number of rotatable bonds is 5. The van der Waals surface area contributed by atoms with Gasteiger partial charge in [-0.3, -0.25) is 0 Å². The summed E-state index contributed by atoms with van der Waals surface area (Å²) in [6.45, 7) is 0.899.